The van der Waals surface area contributed by atoms with E-state index in [4.69, 9.17) is 0 Å². The van der Waals surface area contributed by atoms with Crippen LogP contribution in [0.4, 0.5) is 0 Å². The van der Waals surface area contributed by atoms with Gasteiger partial charge in [0, 0.05) is 4.47 Å². The quantitative estimate of drug-likeness (QED) is 0.836. The van der Waals surface area contributed by atoms with Crippen molar-refractivity contribution < 1.29 is 5.02 Å². The zero-order valence-electron chi connectivity index (χ0n) is 12.1. The lowest BCUT2D eigenvalue weighted by Gasteiger charge is -2.35. The Labute approximate surface area is 133 Å². The summed E-state index contributed by atoms with van der Waals surface area (Å²) in [6.07, 6.45) is 5.25. The molecule has 4 nitrogen and oxygen atoms in total. The van der Waals surface area contributed by atoms with E-state index < -0.39 is 7.05 Å². The van der Waals surface area contributed by atoms with Gasteiger partial charge in [0.05, 0.1) is 17.9 Å². The molecule has 1 aliphatic rings. The van der Waals surface area contributed by atoms with Gasteiger partial charge in [-0.1, -0.05) is 34.5 Å². The van der Waals surface area contributed by atoms with Crippen LogP contribution in [0.15, 0.2) is 34.9 Å². The standard InChI is InChI=1S/C15H19BBrN3O/c1-16(21)20-9-3-2-4-14(20)15-18-10-13(19-15)11-5-7-12(17)8-6-11/h5-8,10,14,21H,2-4,9H2,1H3,(H,18,19)/t14-/m0/s1. The van der Waals surface area contributed by atoms with Crippen LogP contribution < -0.4 is 0 Å². The van der Waals surface area contributed by atoms with Gasteiger partial charge >= 0.3 is 7.05 Å². The second kappa shape index (κ2) is 6.34. The van der Waals surface area contributed by atoms with E-state index in [9.17, 15) is 5.02 Å². The lowest BCUT2D eigenvalue weighted by atomic mass is 9.79. The van der Waals surface area contributed by atoms with Crippen molar-refractivity contribution in [3.8, 4) is 11.3 Å². The van der Waals surface area contributed by atoms with Crippen LogP contribution in [-0.2, 0) is 0 Å². The van der Waals surface area contributed by atoms with Crippen LogP contribution in [0.3, 0.4) is 0 Å². The zero-order valence-corrected chi connectivity index (χ0v) is 13.7. The third-order valence-electron chi connectivity index (χ3n) is 4.09. The van der Waals surface area contributed by atoms with Crippen molar-refractivity contribution in [1.82, 2.24) is 14.8 Å². The fraction of sp³-hybridized carbons (Fsp3) is 0.400. The van der Waals surface area contributed by atoms with Crippen LogP contribution >= 0.6 is 15.9 Å². The van der Waals surface area contributed by atoms with Gasteiger partial charge in [-0.2, -0.15) is 0 Å². The van der Waals surface area contributed by atoms with Gasteiger partial charge in [0.25, 0.3) is 0 Å². The Hall–Kier alpha value is -1.11. The number of aromatic nitrogens is 2. The summed E-state index contributed by atoms with van der Waals surface area (Å²) in [7, 11) is -0.434. The lowest BCUT2D eigenvalue weighted by Crippen LogP contribution is -2.43. The molecule has 2 N–H and O–H groups in total. The maximum atomic E-state index is 9.94. The summed E-state index contributed by atoms with van der Waals surface area (Å²) in [4.78, 5) is 10.1. The SMILES string of the molecule is CB(O)N1CCCC[C@H]1c1ncc(-c2ccc(Br)cc2)[nH]1. The van der Waals surface area contributed by atoms with E-state index in [2.05, 4.69) is 42.8 Å². The maximum absolute atomic E-state index is 9.94. The largest absolute Gasteiger partial charge is 0.437 e. The van der Waals surface area contributed by atoms with Crippen molar-refractivity contribution in [2.75, 3.05) is 6.54 Å². The van der Waals surface area contributed by atoms with Gasteiger partial charge in [-0.15, -0.1) is 0 Å². The number of piperidine rings is 1. The molecule has 1 aliphatic heterocycles. The maximum Gasteiger partial charge on any atom is 0.377 e. The summed E-state index contributed by atoms with van der Waals surface area (Å²) >= 11 is 3.45. The molecule has 0 radical (unpaired) electrons. The van der Waals surface area contributed by atoms with Crippen LogP contribution in [-0.4, -0.2) is 33.4 Å². The number of rotatable bonds is 3. The monoisotopic (exact) mass is 347 g/mol. The average Bonchev–Trinajstić information content (AvgIpc) is 2.97. The Morgan fingerprint density at radius 3 is 2.81 bits per heavy atom. The Balaban J connectivity index is 1.85. The van der Waals surface area contributed by atoms with E-state index in [1.54, 1.807) is 0 Å². The number of nitrogens with zero attached hydrogens (tertiary/aromatic N) is 2. The highest BCUT2D eigenvalue weighted by molar-refractivity contribution is 9.10. The molecule has 1 aromatic heterocycles. The average molecular weight is 348 g/mol. The molecule has 0 aliphatic carbocycles. The first-order valence-corrected chi connectivity index (χ1v) is 8.19. The fourth-order valence-corrected chi connectivity index (χ4v) is 3.24. The molecule has 2 heterocycles. The lowest BCUT2D eigenvalue weighted by molar-refractivity contribution is 0.220. The van der Waals surface area contributed by atoms with Crippen molar-refractivity contribution in [1.29, 1.82) is 0 Å². The summed E-state index contributed by atoms with van der Waals surface area (Å²) in [5.74, 6) is 0.952. The molecule has 1 fully saturated rings. The van der Waals surface area contributed by atoms with Crippen molar-refractivity contribution in [2.24, 2.45) is 0 Å². The van der Waals surface area contributed by atoms with Crippen molar-refractivity contribution in [3.63, 3.8) is 0 Å². The normalized spacial score (nSPS) is 19.7. The third-order valence-corrected chi connectivity index (χ3v) is 4.62. The van der Waals surface area contributed by atoms with Gasteiger partial charge in [-0.3, -0.25) is 0 Å². The number of benzene rings is 1. The number of H-pyrrole nitrogens is 1. The van der Waals surface area contributed by atoms with E-state index >= 15 is 0 Å². The molecule has 0 saturated carbocycles. The highest BCUT2D eigenvalue weighted by atomic mass is 79.9. The number of aromatic amines is 1. The molecule has 110 valence electrons. The molecule has 0 bridgehead atoms. The van der Waals surface area contributed by atoms with Crippen LogP contribution in [0, 0.1) is 0 Å². The topological polar surface area (TPSA) is 52.1 Å². The summed E-state index contributed by atoms with van der Waals surface area (Å²) in [5, 5.41) is 9.94. The number of hydrogen-bond donors (Lipinski definition) is 2. The van der Waals surface area contributed by atoms with Gasteiger partial charge < -0.3 is 14.8 Å². The molecular formula is C15H19BBrN3O. The van der Waals surface area contributed by atoms with Gasteiger partial charge in [0.15, 0.2) is 0 Å². The molecule has 1 atom stereocenters. The molecule has 0 unspecified atom stereocenters. The van der Waals surface area contributed by atoms with Gasteiger partial charge in [-0.25, -0.2) is 4.98 Å². The fourth-order valence-electron chi connectivity index (χ4n) is 2.98. The highest BCUT2D eigenvalue weighted by Crippen LogP contribution is 2.31. The third kappa shape index (κ3) is 3.22. The molecule has 6 heteroatoms. The molecule has 3 rings (SSSR count). The molecule has 0 spiro atoms. The Morgan fingerprint density at radius 1 is 1.33 bits per heavy atom. The highest BCUT2D eigenvalue weighted by Gasteiger charge is 2.30. The minimum atomic E-state index is -0.434. The molecule has 0 amide bonds. The first-order valence-electron chi connectivity index (χ1n) is 7.40. The van der Waals surface area contributed by atoms with Crippen LogP contribution in [0.5, 0.6) is 0 Å². The number of imidazole rings is 1. The molecule has 1 saturated heterocycles. The van der Waals surface area contributed by atoms with E-state index in [0.717, 1.165) is 40.9 Å². The number of halogens is 1. The van der Waals surface area contributed by atoms with E-state index in [-0.39, 0.29) is 6.04 Å². The van der Waals surface area contributed by atoms with E-state index in [1.165, 1.54) is 6.42 Å². The Bertz CT molecular complexity index is 599. The van der Waals surface area contributed by atoms with Gasteiger partial charge in [0.1, 0.15) is 5.82 Å². The Kier molecular flexibility index (Phi) is 4.47. The summed E-state index contributed by atoms with van der Waals surface area (Å²) in [6.45, 7) is 2.76. The minimum absolute atomic E-state index is 0.183. The minimum Gasteiger partial charge on any atom is -0.437 e. The zero-order chi connectivity index (χ0) is 14.8. The van der Waals surface area contributed by atoms with E-state index in [0.29, 0.717) is 0 Å². The smallest absolute Gasteiger partial charge is 0.377 e. The summed E-state index contributed by atoms with van der Waals surface area (Å²) in [5.41, 5.74) is 2.14. The van der Waals surface area contributed by atoms with Crippen LogP contribution in [0.2, 0.25) is 6.82 Å². The molecule has 2 aromatic rings. The second-order valence-corrected chi connectivity index (χ2v) is 6.49. The van der Waals surface area contributed by atoms with Gasteiger partial charge in [0.2, 0.25) is 0 Å². The molecular weight excluding hydrogens is 329 g/mol. The summed E-state index contributed by atoms with van der Waals surface area (Å²) in [6, 6.07) is 8.36. The number of hydrogen-bond acceptors (Lipinski definition) is 3. The molecule has 1 aromatic carbocycles. The van der Waals surface area contributed by atoms with Crippen molar-refractivity contribution in [3.05, 3.63) is 40.8 Å². The predicted octanol–water partition coefficient (Wildman–Crippen LogP) is 3.48. The second-order valence-electron chi connectivity index (χ2n) is 5.57. The van der Waals surface area contributed by atoms with Crippen molar-refractivity contribution in [2.45, 2.75) is 32.1 Å². The Morgan fingerprint density at radius 2 is 2.10 bits per heavy atom. The summed E-state index contributed by atoms with van der Waals surface area (Å²) < 4.78 is 1.07. The van der Waals surface area contributed by atoms with Crippen molar-refractivity contribution >= 4 is 23.0 Å². The van der Waals surface area contributed by atoms with Crippen LogP contribution in [0.1, 0.15) is 31.1 Å². The van der Waals surface area contributed by atoms with Gasteiger partial charge in [-0.05, 0) is 43.9 Å². The first kappa shape index (κ1) is 14.8. The number of nitrogens with one attached hydrogen (secondary N) is 1. The predicted molar refractivity (Wildman–Crippen MR) is 88.9 cm³/mol. The van der Waals surface area contributed by atoms with E-state index in [1.807, 2.05) is 25.2 Å². The molecule has 21 heavy (non-hydrogen) atoms. The first-order chi connectivity index (χ1) is 10.1. The van der Waals surface area contributed by atoms with Crippen LogP contribution in [0.25, 0.3) is 11.3 Å².